The van der Waals surface area contributed by atoms with Crippen molar-refractivity contribution in [3.05, 3.63) is 0 Å². The van der Waals surface area contributed by atoms with Crippen LogP contribution in [0.15, 0.2) is 0 Å². The minimum absolute atomic E-state index is 0.387. The number of aldehydes is 1. The molecule has 0 aliphatic heterocycles. The van der Waals surface area contributed by atoms with E-state index >= 15 is 0 Å². The van der Waals surface area contributed by atoms with Crippen LogP contribution in [-0.4, -0.2) is 25.0 Å². The molecule has 88 valence electrons. The summed E-state index contributed by atoms with van der Waals surface area (Å²) >= 11 is 0. The van der Waals surface area contributed by atoms with Gasteiger partial charge in [-0.15, -0.1) is 0 Å². The van der Waals surface area contributed by atoms with E-state index in [1.165, 1.54) is 13.5 Å². The molecule has 0 heterocycles. The minimum Gasteiger partial charge on any atom is -0.444 e. The molecule has 1 saturated carbocycles. The quantitative estimate of drug-likeness (QED) is 0.682. The zero-order chi connectivity index (χ0) is 11.9. The number of rotatable bonds is 1. The zero-order valence-corrected chi connectivity index (χ0v) is 10.0. The lowest BCUT2D eigenvalue weighted by Gasteiger charge is -2.18. The molecule has 0 aromatic rings. The Bertz CT molecular complexity index is 204. The number of nitrogens with one attached hydrogen (secondary N) is 1. The molecule has 0 saturated heterocycles. The van der Waals surface area contributed by atoms with Gasteiger partial charge in [-0.3, -0.25) is 0 Å². The molecular formula is C11H21NO3. The van der Waals surface area contributed by atoms with E-state index in [2.05, 4.69) is 5.32 Å². The number of alkyl carbamates (subject to hydrolysis) is 1. The molecule has 1 fully saturated rings. The Morgan fingerprint density at radius 1 is 1.40 bits per heavy atom. The lowest BCUT2D eigenvalue weighted by atomic mass is 9.87. The van der Waals surface area contributed by atoms with Crippen LogP contribution in [0.1, 0.15) is 40.0 Å². The molecule has 4 nitrogen and oxygen atoms in total. The first-order valence-corrected chi connectivity index (χ1v) is 5.25. The topological polar surface area (TPSA) is 55.4 Å². The Kier molecular flexibility index (Phi) is 5.97. The Labute approximate surface area is 91.4 Å². The summed E-state index contributed by atoms with van der Waals surface area (Å²) in [7, 11) is 1.54. The van der Waals surface area contributed by atoms with Crippen molar-refractivity contribution in [1.29, 1.82) is 0 Å². The second-order valence-corrected chi connectivity index (χ2v) is 4.58. The second-order valence-electron chi connectivity index (χ2n) is 4.58. The van der Waals surface area contributed by atoms with Crippen molar-refractivity contribution in [2.24, 2.45) is 5.92 Å². The van der Waals surface area contributed by atoms with Crippen molar-refractivity contribution in [2.75, 3.05) is 7.05 Å². The van der Waals surface area contributed by atoms with E-state index in [4.69, 9.17) is 4.74 Å². The minimum atomic E-state index is -0.389. The number of hydrogen-bond donors (Lipinski definition) is 1. The lowest BCUT2D eigenvalue weighted by Crippen LogP contribution is -2.30. The molecule has 0 atom stereocenters. The van der Waals surface area contributed by atoms with Gasteiger partial charge in [0.25, 0.3) is 0 Å². The first-order valence-electron chi connectivity index (χ1n) is 5.25. The molecule has 1 amide bonds. The predicted octanol–water partition coefficient (Wildman–Crippen LogP) is 2.13. The molecular weight excluding hydrogens is 194 g/mol. The van der Waals surface area contributed by atoms with Gasteiger partial charge in [-0.1, -0.05) is 6.42 Å². The SMILES string of the molecule is CNC(=O)OC(C)(C)C.O=CC1CCC1. The monoisotopic (exact) mass is 215 g/mol. The maximum absolute atomic E-state index is 10.5. The first-order chi connectivity index (χ1) is 6.89. The summed E-state index contributed by atoms with van der Waals surface area (Å²) in [4.78, 5) is 20.3. The highest BCUT2D eigenvalue weighted by molar-refractivity contribution is 5.67. The smallest absolute Gasteiger partial charge is 0.407 e. The summed E-state index contributed by atoms with van der Waals surface area (Å²) < 4.78 is 4.84. The third-order valence-corrected chi connectivity index (χ3v) is 1.95. The Morgan fingerprint density at radius 3 is 2.00 bits per heavy atom. The molecule has 4 heteroatoms. The van der Waals surface area contributed by atoms with Gasteiger partial charge in [0, 0.05) is 13.0 Å². The fraction of sp³-hybridized carbons (Fsp3) is 0.818. The average Bonchev–Trinajstić information content (AvgIpc) is 2.00. The van der Waals surface area contributed by atoms with E-state index in [1.54, 1.807) is 0 Å². The van der Waals surface area contributed by atoms with Crippen LogP contribution in [0, 0.1) is 5.92 Å². The van der Waals surface area contributed by atoms with E-state index < -0.39 is 0 Å². The third-order valence-electron chi connectivity index (χ3n) is 1.95. The van der Waals surface area contributed by atoms with Crippen LogP contribution in [-0.2, 0) is 9.53 Å². The molecule has 0 spiro atoms. The molecule has 0 aromatic heterocycles. The Hall–Kier alpha value is -1.06. The predicted molar refractivity (Wildman–Crippen MR) is 58.7 cm³/mol. The molecule has 1 N–H and O–H groups in total. The van der Waals surface area contributed by atoms with Crippen LogP contribution >= 0.6 is 0 Å². The summed E-state index contributed by atoms with van der Waals surface area (Å²) in [6.45, 7) is 5.46. The van der Waals surface area contributed by atoms with E-state index in [1.807, 2.05) is 20.8 Å². The fourth-order valence-electron chi connectivity index (χ4n) is 0.905. The van der Waals surface area contributed by atoms with Crippen molar-refractivity contribution in [2.45, 2.75) is 45.6 Å². The lowest BCUT2D eigenvalue weighted by molar-refractivity contribution is -0.113. The van der Waals surface area contributed by atoms with Crippen LogP contribution in [0.5, 0.6) is 0 Å². The van der Waals surface area contributed by atoms with Crippen molar-refractivity contribution in [1.82, 2.24) is 5.32 Å². The van der Waals surface area contributed by atoms with Gasteiger partial charge in [0.1, 0.15) is 11.9 Å². The Morgan fingerprint density at radius 2 is 1.93 bits per heavy atom. The van der Waals surface area contributed by atoms with Gasteiger partial charge in [-0.25, -0.2) is 4.79 Å². The highest BCUT2D eigenvalue weighted by atomic mass is 16.6. The van der Waals surface area contributed by atoms with Gasteiger partial charge in [0.15, 0.2) is 0 Å². The number of carbonyl (C=O) groups excluding carboxylic acids is 2. The summed E-state index contributed by atoms with van der Waals surface area (Å²) in [5.41, 5.74) is -0.389. The standard InChI is InChI=1S/C6H13NO2.C5H8O/c1-6(2,3)9-5(8)7-4;6-4-5-2-1-3-5/h1-4H3,(H,7,8);4-5H,1-3H2. The maximum atomic E-state index is 10.5. The van der Waals surface area contributed by atoms with E-state index in [0.717, 1.165) is 19.1 Å². The van der Waals surface area contributed by atoms with Crippen molar-refractivity contribution in [3.8, 4) is 0 Å². The van der Waals surface area contributed by atoms with Crippen molar-refractivity contribution in [3.63, 3.8) is 0 Å². The van der Waals surface area contributed by atoms with Gasteiger partial charge >= 0.3 is 6.09 Å². The molecule has 0 unspecified atom stereocenters. The number of carbonyl (C=O) groups is 2. The van der Waals surface area contributed by atoms with Gasteiger partial charge in [0.2, 0.25) is 0 Å². The van der Waals surface area contributed by atoms with Crippen LogP contribution in [0.25, 0.3) is 0 Å². The van der Waals surface area contributed by atoms with Crippen molar-refractivity contribution < 1.29 is 14.3 Å². The maximum Gasteiger partial charge on any atom is 0.407 e. The van der Waals surface area contributed by atoms with Gasteiger partial charge in [0.05, 0.1) is 0 Å². The van der Waals surface area contributed by atoms with Gasteiger partial charge in [-0.2, -0.15) is 0 Å². The molecule has 15 heavy (non-hydrogen) atoms. The third kappa shape index (κ3) is 7.97. The van der Waals surface area contributed by atoms with Crippen LogP contribution in [0.3, 0.4) is 0 Å². The summed E-state index contributed by atoms with van der Waals surface area (Å²) in [6.07, 6.45) is 4.22. The number of ether oxygens (including phenoxy) is 1. The fourth-order valence-corrected chi connectivity index (χ4v) is 0.905. The van der Waals surface area contributed by atoms with Crippen LogP contribution in [0.2, 0.25) is 0 Å². The van der Waals surface area contributed by atoms with E-state index in [0.29, 0.717) is 5.92 Å². The zero-order valence-electron chi connectivity index (χ0n) is 10.0. The molecule has 1 aliphatic carbocycles. The molecule has 0 aromatic carbocycles. The normalized spacial score (nSPS) is 15.5. The number of amides is 1. The second kappa shape index (κ2) is 6.43. The first kappa shape index (κ1) is 13.9. The average molecular weight is 215 g/mol. The molecule has 0 bridgehead atoms. The molecule has 0 radical (unpaired) electrons. The summed E-state index contributed by atoms with van der Waals surface area (Å²) in [6, 6.07) is 0. The Balaban J connectivity index is 0.000000280. The van der Waals surface area contributed by atoms with Crippen LogP contribution < -0.4 is 5.32 Å². The summed E-state index contributed by atoms with van der Waals surface area (Å²) in [5, 5.41) is 2.36. The van der Waals surface area contributed by atoms with E-state index in [-0.39, 0.29) is 11.7 Å². The number of hydrogen-bond acceptors (Lipinski definition) is 3. The molecule has 1 aliphatic rings. The van der Waals surface area contributed by atoms with Crippen LogP contribution in [0.4, 0.5) is 4.79 Å². The van der Waals surface area contributed by atoms with E-state index in [9.17, 15) is 9.59 Å². The van der Waals surface area contributed by atoms with Gasteiger partial charge in [-0.05, 0) is 33.6 Å². The summed E-state index contributed by atoms with van der Waals surface area (Å²) in [5.74, 6) is 0.435. The highest BCUT2D eigenvalue weighted by Crippen LogP contribution is 2.23. The van der Waals surface area contributed by atoms with Crippen molar-refractivity contribution >= 4 is 12.4 Å². The largest absolute Gasteiger partial charge is 0.444 e. The van der Waals surface area contributed by atoms with Gasteiger partial charge < -0.3 is 14.8 Å². The highest BCUT2D eigenvalue weighted by Gasteiger charge is 2.15. The molecule has 1 rings (SSSR count).